The van der Waals surface area contributed by atoms with Crippen LogP contribution in [-0.2, 0) is 4.79 Å². The molecule has 0 aliphatic heterocycles. The number of hydrogen-bond donors (Lipinski definition) is 2. The molecule has 3 heteroatoms. The van der Waals surface area contributed by atoms with Gasteiger partial charge in [-0.1, -0.05) is 44.9 Å². The molecule has 2 N–H and O–H groups in total. The van der Waals surface area contributed by atoms with Gasteiger partial charge in [0, 0.05) is 6.04 Å². The fourth-order valence-electron chi connectivity index (χ4n) is 3.76. The van der Waals surface area contributed by atoms with Crippen molar-refractivity contribution in [3.63, 3.8) is 0 Å². The van der Waals surface area contributed by atoms with Crippen LogP contribution in [0.25, 0.3) is 0 Å². The van der Waals surface area contributed by atoms with Gasteiger partial charge in [-0.25, -0.2) is 0 Å². The van der Waals surface area contributed by atoms with Crippen LogP contribution in [0, 0.1) is 11.8 Å². The SMILES string of the molecule is O=C(O)CNC1CCCCC1C1CCCCC1. The van der Waals surface area contributed by atoms with Gasteiger partial charge in [0.15, 0.2) is 0 Å². The van der Waals surface area contributed by atoms with Gasteiger partial charge in [-0.2, -0.15) is 0 Å². The van der Waals surface area contributed by atoms with Crippen LogP contribution in [-0.4, -0.2) is 23.7 Å². The van der Waals surface area contributed by atoms with Crippen molar-refractivity contribution in [2.75, 3.05) is 6.54 Å². The summed E-state index contributed by atoms with van der Waals surface area (Å²) in [7, 11) is 0. The lowest BCUT2D eigenvalue weighted by Gasteiger charge is -2.39. The van der Waals surface area contributed by atoms with Gasteiger partial charge in [0.05, 0.1) is 6.54 Å². The van der Waals surface area contributed by atoms with Crippen LogP contribution in [0.3, 0.4) is 0 Å². The number of rotatable bonds is 4. The molecule has 2 unspecified atom stereocenters. The molecule has 2 aliphatic carbocycles. The van der Waals surface area contributed by atoms with Gasteiger partial charge in [-0.05, 0) is 24.7 Å². The topological polar surface area (TPSA) is 49.3 Å². The number of carboxylic acid groups (broad SMARTS) is 1. The molecular weight excluding hydrogens is 214 g/mol. The molecule has 17 heavy (non-hydrogen) atoms. The largest absolute Gasteiger partial charge is 0.480 e. The smallest absolute Gasteiger partial charge is 0.317 e. The molecule has 0 aromatic heterocycles. The van der Waals surface area contributed by atoms with Gasteiger partial charge in [0.2, 0.25) is 0 Å². The Morgan fingerprint density at radius 2 is 1.65 bits per heavy atom. The van der Waals surface area contributed by atoms with E-state index in [4.69, 9.17) is 5.11 Å². The molecule has 0 saturated heterocycles. The highest BCUT2D eigenvalue weighted by atomic mass is 16.4. The minimum atomic E-state index is -0.724. The quantitative estimate of drug-likeness (QED) is 0.793. The Morgan fingerprint density at radius 3 is 2.35 bits per heavy atom. The van der Waals surface area contributed by atoms with Gasteiger partial charge in [-0.15, -0.1) is 0 Å². The van der Waals surface area contributed by atoms with E-state index in [1.807, 2.05) is 0 Å². The lowest BCUT2D eigenvalue weighted by Crippen LogP contribution is -2.44. The van der Waals surface area contributed by atoms with Crippen molar-refractivity contribution in [1.82, 2.24) is 5.32 Å². The molecule has 0 amide bonds. The minimum absolute atomic E-state index is 0.133. The Labute approximate surface area is 104 Å². The summed E-state index contributed by atoms with van der Waals surface area (Å²) < 4.78 is 0. The second-order valence-corrected chi connectivity index (χ2v) is 5.73. The number of aliphatic carboxylic acids is 1. The normalized spacial score (nSPS) is 31.3. The lowest BCUT2D eigenvalue weighted by atomic mass is 9.71. The molecule has 98 valence electrons. The van der Waals surface area contributed by atoms with Crippen LogP contribution in [0.2, 0.25) is 0 Å². The summed E-state index contributed by atoms with van der Waals surface area (Å²) >= 11 is 0. The fraction of sp³-hybridized carbons (Fsp3) is 0.929. The van der Waals surface area contributed by atoms with Crippen LogP contribution in [0.1, 0.15) is 57.8 Å². The first-order chi connectivity index (χ1) is 8.27. The third-order valence-electron chi connectivity index (χ3n) is 4.59. The summed E-state index contributed by atoms with van der Waals surface area (Å²) in [6, 6.07) is 0.461. The molecule has 0 aromatic carbocycles. The second kappa shape index (κ2) is 6.39. The van der Waals surface area contributed by atoms with Gasteiger partial charge in [0.1, 0.15) is 0 Å². The monoisotopic (exact) mass is 239 g/mol. The first kappa shape index (κ1) is 12.9. The lowest BCUT2D eigenvalue weighted by molar-refractivity contribution is -0.136. The zero-order valence-electron chi connectivity index (χ0n) is 10.7. The van der Waals surface area contributed by atoms with E-state index in [0.29, 0.717) is 6.04 Å². The van der Waals surface area contributed by atoms with Gasteiger partial charge >= 0.3 is 5.97 Å². The summed E-state index contributed by atoms with van der Waals surface area (Å²) in [4.78, 5) is 10.7. The van der Waals surface area contributed by atoms with Gasteiger partial charge in [0.25, 0.3) is 0 Å². The van der Waals surface area contributed by atoms with E-state index in [2.05, 4.69) is 5.32 Å². The first-order valence-corrected chi connectivity index (χ1v) is 7.22. The third-order valence-corrected chi connectivity index (χ3v) is 4.59. The second-order valence-electron chi connectivity index (χ2n) is 5.73. The van der Waals surface area contributed by atoms with Crippen molar-refractivity contribution in [2.24, 2.45) is 11.8 Å². The maximum atomic E-state index is 10.7. The summed E-state index contributed by atoms with van der Waals surface area (Å²) in [5.41, 5.74) is 0. The predicted octanol–water partition coefficient (Wildman–Crippen LogP) is 2.80. The number of nitrogens with one attached hydrogen (secondary N) is 1. The molecular formula is C14H25NO2. The standard InChI is InChI=1S/C14H25NO2/c16-14(17)10-15-13-9-5-4-8-12(13)11-6-2-1-3-7-11/h11-13,15H,1-10H2,(H,16,17). The molecule has 2 atom stereocenters. The average molecular weight is 239 g/mol. The molecule has 2 fully saturated rings. The predicted molar refractivity (Wildman–Crippen MR) is 68.0 cm³/mol. The molecule has 3 nitrogen and oxygen atoms in total. The van der Waals surface area contributed by atoms with Crippen molar-refractivity contribution in [3.05, 3.63) is 0 Å². The van der Waals surface area contributed by atoms with Crippen molar-refractivity contribution >= 4 is 5.97 Å². The molecule has 2 saturated carbocycles. The fourth-order valence-corrected chi connectivity index (χ4v) is 3.76. The highest BCUT2D eigenvalue weighted by Gasteiger charge is 2.32. The zero-order chi connectivity index (χ0) is 12.1. The number of carboxylic acids is 1. The number of hydrogen-bond acceptors (Lipinski definition) is 2. The summed E-state index contributed by atoms with van der Waals surface area (Å²) in [5.74, 6) is 0.872. The van der Waals surface area contributed by atoms with E-state index in [1.54, 1.807) is 0 Å². The van der Waals surface area contributed by atoms with E-state index in [9.17, 15) is 4.79 Å². The summed E-state index contributed by atoms with van der Waals surface area (Å²) in [6.07, 6.45) is 12.0. The molecule has 0 radical (unpaired) electrons. The van der Waals surface area contributed by atoms with Crippen molar-refractivity contribution in [3.8, 4) is 0 Å². The Morgan fingerprint density at radius 1 is 1.00 bits per heavy atom. The van der Waals surface area contributed by atoms with E-state index < -0.39 is 5.97 Å². The van der Waals surface area contributed by atoms with E-state index in [-0.39, 0.29) is 6.54 Å². The molecule has 2 aliphatic rings. The Bertz CT molecular complexity index is 249. The van der Waals surface area contributed by atoms with Gasteiger partial charge in [-0.3, -0.25) is 4.79 Å². The molecule has 0 heterocycles. The summed E-state index contributed by atoms with van der Waals surface area (Å²) in [5, 5.41) is 12.0. The highest BCUT2D eigenvalue weighted by Crippen LogP contribution is 2.38. The van der Waals surface area contributed by atoms with E-state index in [0.717, 1.165) is 11.8 Å². The molecule has 0 bridgehead atoms. The van der Waals surface area contributed by atoms with Crippen LogP contribution in [0.4, 0.5) is 0 Å². The van der Waals surface area contributed by atoms with Crippen LogP contribution in [0.5, 0.6) is 0 Å². The average Bonchev–Trinajstić information content (AvgIpc) is 2.38. The van der Waals surface area contributed by atoms with Gasteiger partial charge < -0.3 is 10.4 Å². The summed E-state index contributed by atoms with van der Waals surface area (Å²) in [6.45, 7) is 0.133. The van der Waals surface area contributed by atoms with Crippen molar-refractivity contribution < 1.29 is 9.90 Å². The van der Waals surface area contributed by atoms with E-state index in [1.165, 1.54) is 57.8 Å². The molecule has 0 aromatic rings. The maximum absolute atomic E-state index is 10.7. The highest BCUT2D eigenvalue weighted by molar-refractivity contribution is 5.69. The molecule has 0 spiro atoms. The number of carbonyl (C=O) groups is 1. The van der Waals surface area contributed by atoms with Crippen LogP contribution < -0.4 is 5.32 Å². The van der Waals surface area contributed by atoms with Crippen molar-refractivity contribution in [2.45, 2.75) is 63.8 Å². The third kappa shape index (κ3) is 3.70. The maximum Gasteiger partial charge on any atom is 0.317 e. The van der Waals surface area contributed by atoms with Crippen LogP contribution in [0.15, 0.2) is 0 Å². The van der Waals surface area contributed by atoms with Crippen molar-refractivity contribution in [1.29, 1.82) is 0 Å². The zero-order valence-corrected chi connectivity index (χ0v) is 10.7. The van der Waals surface area contributed by atoms with Crippen LogP contribution >= 0.6 is 0 Å². The molecule has 2 rings (SSSR count). The van der Waals surface area contributed by atoms with E-state index >= 15 is 0 Å². The minimum Gasteiger partial charge on any atom is -0.480 e. The Balaban J connectivity index is 1.88. The Hall–Kier alpha value is -0.570. The Kier molecular flexibility index (Phi) is 4.84. The first-order valence-electron chi connectivity index (χ1n) is 7.22.